The molecule has 0 aromatic carbocycles. The second-order valence-electron chi connectivity index (χ2n) is 0.408. The van der Waals surface area contributed by atoms with E-state index in [9.17, 15) is 0 Å². The predicted octanol–water partition coefficient (Wildman–Crippen LogP) is -7.98. The van der Waals surface area contributed by atoms with Crippen LogP contribution in [0, 0.1) is 0 Å². The van der Waals surface area contributed by atoms with E-state index in [0.29, 0.717) is 0 Å². The van der Waals surface area contributed by atoms with Crippen molar-refractivity contribution in [3.05, 3.63) is 0 Å². The molecule has 0 aromatic heterocycles. The van der Waals surface area contributed by atoms with Crippen LogP contribution in [0.3, 0.4) is 0 Å². The first-order valence-electron chi connectivity index (χ1n) is 0.667. The van der Waals surface area contributed by atoms with Crippen LogP contribution in [0.15, 0.2) is 0 Å². The quantitative estimate of drug-likeness (QED) is 0.228. The third-order valence-corrected chi connectivity index (χ3v) is 0. The van der Waals surface area contributed by atoms with Crippen molar-refractivity contribution in [2.45, 2.75) is 0 Å². The normalized spacial score (nSPS) is 7.25. The van der Waals surface area contributed by atoms with Crippen LogP contribution in [-0.2, 0) is 10.4 Å². The third kappa shape index (κ3) is 45.1. The Labute approximate surface area is 176 Å². The molecular weight excluding hydrogens is 213 g/mol. The van der Waals surface area contributed by atoms with Crippen molar-refractivity contribution in [1.82, 2.24) is 0 Å². The molecule has 8 heteroatoms. The molecule has 0 fully saturated rings. The summed E-state index contributed by atoms with van der Waals surface area (Å²) in [6, 6.07) is 0. The van der Waals surface area contributed by atoms with Crippen molar-refractivity contribution >= 4 is 61.8 Å². The molecule has 0 aromatic rings. The fourth-order valence-electron chi connectivity index (χ4n) is 0. The zero-order valence-electron chi connectivity index (χ0n) is 4.04. The van der Waals surface area contributed by atoms with Crippen LogP contribution >= 0.6 is 0 Å². The van der Waals surface area contributed by atoms with Crippen molar-refractivity contribution in [1.29, 1.82) is 0 Å². The molecule has 0 aliphatic heterocycles. The molecule has 4 nitrogen and oxygen atoms in total. The van der Waals surface area contributed by atoms with Crippen LogP contribution in [-0.4, -0.2) is 68.9 Å². The molecule has 0 saturated heterocycles. The van der Waals surface area contributed by atoms with E-state index in [-0.39, 0.29) is 154 Å². The van der Waals surface area contributed by atoms with Crippen molar-refractivity contribution < 1.29 is 120 Å². The van der Waals surface area contributed by atoms with E-state index >= 15 is 0 Å². The summed E-state index contributed by atoms with van der Waals surface area (Å²) in [4.78, 5) is 0. The van der Waals surface area contributed by atoms with Crippen LogP contribution in [0.2, 0.25) is 0 Å². The van der Waals surface area contributed by atoms with Crippen LogP contribution in [0.25, 0.3) is 0 Å². The molecule has 0 N–H and O–H groups in total. The van der Waals surface area contributed by atoms with Gasteiger partial charge in [0.1, 0.15) is 0 Å². The minimum absolute atomic E-state index is 0. The molecule has 0 heterocycles. The van der Waals surface area contributed by atoms with E-state index in [1.165, 1.54) is 0 Å². The molecule has 0 aliphatic rings. The Morgan fingerprint density at radius 2 is 1.00 bits per heavy atom. The second kappa shape index (κ2) is 11.8. The van der Waals surface area contributed by atoms with E-state index < -0.39 is 10.4 Å². The SMILES string of the molecule is O=S(=O)([O-])[O-].[K+].[K+].[KH]. The Bertz CT molecular complexity index is 94.5. The summed E-state index contributed by atoms with van der Waals surface area (Å²) in [5.41, 5.74) is 0. The molecule has 0 spiro atoms. The van der Waals surface area contributed by atoms with Gasteiger partial charge in [0, 0.05) is 10.4 Å². The van der Waals surface area contributed by atoms with E-state index in [1.807, 2.05) is 0 Å². The molecule has 0 radical (unpaired) electrons. The first kappa shape index (κ1) is 23.0. The van der Waals surface area contributed by atoms with Gasteiger partial charge in [0.15, 0.2) is 0 Å². The summed E-state index contributed by atoms with van der Waals surface area (Å²) in [7, 11) is -5.17. The molecule has 34 valence electrons. The average Bonchev–Trinajstić information content (AvgIpc) is 0.722. The molecule has 0 unspecified atom stereocenters. The van der Waals surface area contributed by atoms with Crippen molar-refractivity contribution in [2.75, 3.05) is 0 Å². The predicted molar refractivity (Wildman–Crippen MR) is 17.6 cm³/mol. The van der Waals surface area contributed by atoms with Crippen molar-refractivity contribution in [3.63, 3.8) is 0 Å². The Kier molecular flexibility index (Phi) is 33.9. The first-order chi connectivity index (χ1) is 2.00. The maximum atomic E-state index is 8.52. The summed E-state index contributed by atoms with van der Waals surface area (Å²) >= 11 is 0. The second-order valence-corrected chi connectivity index (χ2v) is 1.22. The first-order valence-corrected chi connectivity index (χ1v) is 2.00. The van der Waals surface area contributed by atoms with Gasteiger partial charge in [-0.05, 0) is 0 Å². The van der Waals surface area contributed by atoms with Gasteiger partial charge in [0.25, 0.3) is 0 Å². The summed E-state index contributed by atoms with van der Waals surface area (Å²) in [6.07, 6.45) is 0. The van der Waals surface area contributed by atoms with Gasteiger partial charge in [-0.3, -0.25) is 8.42 Å². The van der Waals surface area contributed by atoms with Gasteiger partial charge in [0.2, 0.25) is 0 Å². The van der Waals surface area contributed by atoms with E-state index in [1.54, 1.807) is 0 Å². The summed E-state index contributed by atoms with van der Waals surface area (Å²) in [5.74, 6) is 0. The zero-order valence-corrected chi connectivity index (χ0v) is 11.1. The van der Waals surface area contributed by atoms with E-state index in [0.717, 1.165) is 0 Å². The molecule has 0 saturated carbocycles. The summed E-state index contributed by atoms with van der Waals surface area (Å²) in [6.45, 7) is 0. The molecular formula is HK3O4S. The molecule has 0 atom stereocenters. The fourth-order valence-corrected chi connectivity index (χ4v) is 0. The Balaban J connectivity index is -0.0000000267. The van der Waals surface area contributed by atoms with E-state index in [2.05, 4.69) is 0 Å². The van der Waals surface area contributed by atoms with Gasteiger partial charge < -0.3 is 9.11 Å². The van der Waals surface area contributed by atoms with Crippen molar-refractivity contribution in [3.8, 4) is 0 Å². The number of hydrogen-bond acceptors (Lipinski definition) is 4. The van der Waals surface area contributed by atoms with Gasteiger partial charge in [0.05, 0.1) is 0 Å². The standard InChI is InChI=1S/3K.H2O4S.H/c;;;1-5(2,3)4;/h;;;(H2,1,2,3,4);/q;2*+1;;/p-2. The molecule has 0 bridgehead atoms. The van der Waals surface area contributed by atoms with Gasteiger partial charge in [-0.1, -0.05) is 0 Å². The summed E-state index contributed by atoms with van der Waals surface area (Å²) in [5, 5.41) is 0. The Morgan fingerprint density at radius 3 is 1.00 bits per heavy atom. The minimum atomic E-state index is -5.17. The average molecular weight is 214 g/mol. The van der Waals surface area contributed by atoms with Gasteiger partial charge in [-0.25, -0.2) is 0 Å². The maximum absolute atomic E-state index is 8.52. The molecule has 8 heavy (non-hydrogen) atoms. The number of hydrogen-bond donors (Lipinski definition) is 0. The van der Waals surface area contributed by atoms with E-state index in [4.69, 9.17) is 17.5 Å². The zero-order chi connectivity index (χ0) is 4.50. The molecule has 0 aliphatic carbocycles. The van der Waals surface area contributed by atoms with Crippen LogP contribution < -0.4 is 103 Å². The third-order valence-electron chi connectivity index (χ3n) is 0. The van der Waals surface area contributed by atoms with Crippen LogP contribution in [0.1, 0.15) is 0 Å². The van der Waals surface area contributed by atoms with Gasteiger partial charge >= 0.3 is 154 Å². The Hall–Kier alpha value is 4.78. The monoisotopic (exact) mass is 214 g/mol. The van der Waals surface area contributed by atoms with Crippen LogP contribution in [0.5, 0.6) is 0 Å². The van der Waals surface area contributed by atoms with Crippen molar-refractivity contribution in [2.24, 2.45) is 0 Å². The summed E-state index contributed by atoms with van der Waals surface area (Å²) < 4.78 is 34.1. The van der Waals surface area contributed by atoms with Gasteiger partial charge in [-0.15, -0.1) is 0 Å². The fraction of sp³-hybridized carbons (Fsp3) is 0. The molecule has 0 amide bonds. The number of rotatable bonds is 0. The molecule has 0 rings (SSSR count). The Morgan fingerprint density at radius 1 is 1.00 bits per heavy atom. The van der Waals surface area contributed by atoms with Crippen LogP contribution in [0.4, 0.5) is 0 Å². The van der Waals surface area contributed by atoms with Gasteiger partial charge in [-0.2, -0.15) is 0 Å². The topological polar surface area (TPSA) is 80.3 Å².